The Balaban J connectivity index is 1.16. The summed E-state index contributed by atoms with van der Waals surface area (Å²) in [6.45, 7) is 6.43. The Labute approximate surface area is 292 Å². The molecule has 2 atom stereocenters. The normalized spacial score (nSPS) is 18.4. The number of hydrogen-bond acceptors (Lipinski definition) is 9. The number of ether oxygens (including phenoxy) is 2. The monoisotopic (exact) mass is 700 g/mol. The molecule has 0 amide bonds. The van der Waals surface area contributed by atoms with Gasteiger partial charge in [-0.15, -0.1) is 0 Å². The van der Waals surface area contributed by atoms with Gasteiger partial charge in [-0.05, 0) is 55.0 Å². The molecule has 1 aliphatic carbocycles. The molecule has 10 nitrogen and oxygen atoms in total. The van der Waals surface area contributed by atoms with Crippen LogP contribution in [0.5, 0.6) is 5.88 Å². The second-order valence-corrected chi connectivity index (χ2v) is 13.0. The number of likely N-dealkylation sites (tertiary alicyclic amines) is 1. The molecular formula is C37H35ClF2N6O4. The molecule has 50 heavy (non-hydrogen) atoms. The highest BCUT2D eigenvalue weighted by molar-refractivity contribution is 6.36. The smallest absolute Gasteiger partial charge is 0.309 e. The molecule has 13 heteroatoms. The molecule has 1 saturated heterocycles. The third-order valence-corrected chi connectivity index (χ3v) is 10.1. The van der Waals surface area contributed by atoms with Gasteiger partial charge in [-0.25, -0.2) is 23.4 Å². The summed E-state index contributed by atoms with van der Waals surface area (Å²) < 4.78 is 39.6. The number of piperidine rings is 1. The fourth-order valence-electron chi connectivity index (χ4n) is 7.09. The molecule has 5 aromatic rings. The maximum Gasteiger partial charge on any atom is 0.309 e. The standard InChI is InChI=1S/C37H35ClF2N6O4/c1-5-50-37(48)31-25-17-46(18-26(25)31)16-20-12-13-28(44-35(20)49-4)24-10-6-9-23(32(24)38)22-8-7-11-27(19(22)2)42-34-30-21(14-29(43-34)33(39)40)15-41-45(3)36(30)47/h6-15,25-26,31,33H,5,16-18H2,1-4H3,(H,42,43). The molecule has 2 fully saturated rings. The van der Waals surface area contributed by atoms with Gasteiger partial charge in [0.15, 0.2) is 0 Å². The van der Waals surface area contributed by atoms with Gasteiger partial charge in [0.25, 0.3) is 12.0 Å². The van der Waals surface area contributed by atoms with Gasteiger partial charge in [0.2, 0.25) is 5.88 Å². The van der Waals surface area contributed by atoms with Crippen molar-refractivity contribution < 1.29 is 23.0 Å². The van der Waals surface area contributed by atoms with Crippen LogP contribution in [0.15, 0.2) is 65.6 Å². The first-order valence-corrected chi connectivity index (χ1v) is 16.7. The molecule has 7 rings (SSSR count). The number of aromatic nitrogens is 4. The number of nitrogens with one attached hydrogen (secondary N) is 1. The van der Waals surface area contributed by atoms with Crippen molar-refractivity contribution in [2.24, 2.45) is 24.8 Å². The highest BCUT2D eigenvalue weighted by Crippen LogP contribution is 2.52. The van der Waals surface area contributed by atoms with Gasteiger partial charge in [-0.1, -0.05) is 48.0 Å². The van der Waals surface area contributed by atoms with Crippen LogP contribution in [0.1, 0.15) is 30.2 Å². The lowest BCUT2D eigenvalue weighted by molar-refractivity contribution is -0.145. The van der Waals surface area contributed by atoms with Crippen molar-refractivity contribution in [2.45, 2.75) is 26.8 Å². The van der Waals surface area contributed by atoms with E-state index in [0.29, 0.717) is 52.8 Å². The summed E-state index contributed by atoms with van der Waals surface area (Å²) in [7, 11) is 3.08. The van der Waals surface area contributed by atoms with Crippen molar-refractivity contribution in [2.75, 3.05) is 32.1 Å². The van der Waals surface area contributed by atoms with E-state index < -0.39 is 17.7 Å². The quantitative estimate of drug-likeness (QED) is 0.155. The van der Waals surface area contributed by atoms with Crippen molar-refractivity contribution in [1.82, 2.24) is 24.6 Å². The summed E-state index contributed by atoms with van der Waals surface area (Å²) in [5.74, 6) is 1.13. The Bertz CT molecular complexity index is 2180. The molecule has 2 unspecified atom stereocenters. The van der Waals surface area contributed by atoms with Crippen molar-refractivity contribution in [3.8, 4) is 28.3 Å². The number of methoxy groups -OCH3 is 1. The zero-order chi connectivity index (χ0) is 35.3. The Morgan fingerprint density at radius 1 is 1.06 bits per heavy atom. The highest BCUT2D eigenvalue weighted by atomic mass is 35.5. The second kappa shape index (κ2) is 13.4. The van der Waals surface area contributed by atoms with Crippen LogP contribution in [0.3, 0.4) is 0 Å². The molecule has 4 heterocycles. The van der Waals surface area contributed by atoms with Crippen molar-refractivity contribution >= 4 is 39.8 Å². The zero-order valence-electron chi connectivity index (χ0n) is 27.9. The first kappa shape index (κ1) is 33.6. The fraction of sp³-hybridized carbons (Fsp3) is 0.324. The molecule has 1 saturated carbocycles. The average molecular weight is 701 g/mol. The van der Waals surface area contributed by atoms with Gasteiger partial charge >= 0.3 is 5.97 Å². The number of halogens is 3. The molecule has 0 radical (unpaired) electrons. The SMILES string of the molecule is CCOC(=O)C1C2CN(Cc3ccc(-c4cccc(-c5cccc(Nc6nc(C(F)F)cc7cnn(C)c(=O)c67)c5C)c4Cl)nc3OC)CC21. The molecule has 258 valence electrons. The minimum absolute atomic E-state index is 0.0158. The maximum absolute atomic E-state index is 13.8. The molecular weight excluding hydrogens is 666 g/mol. The van der Waals surface area contributed by atoms with Crippen LogP contribution in [-0.4, -0.2) is 57.4 Å². The molecule has 2 aliphatic rings. The zero-order valence-corrected chi connectivity index (χ0v) is 28.7. The fourth-order valence-corrected chi connectivity index (χ4v) is 7.42. The van der Waals surface area contributed by atoms with Gasteiger partial charge in [0, 0.05) is 54.4 Å². The number of rotatable bonds is 10. The average Bonchev–Trinajstić information content (AvgIpc) is 3.62. The van der Waals surface area contributed by atoms with E-state index in [1.807, 2.05) is 56.3 Å². The lowest BCUT2D eigenvalue weighted by Gasteiger charge is -2.20. The summed E-state index contributed by atoms with van der Waals surface area (Å²) >= 11 is 7.10. The van der Waals surface area contributed by atoms with Crippen molar-refractivity contribution in [3.63, 3.8) is 0 Å². The van der Waals surface area contributed by atoms with Gasteiger partial charge in [0.05, 0.1) is 41.9 Å². The van der Waals surface area contributed by atoms with Gasteiger partial charge in [-0.2, -0.15) is 5.10 Å². The summed E-state index contributed by atoms with van der Waals surface area (Å²) in [4.78, 5) is 36.5. The van der Waals surface area contributed by atoms with Crippen molar-refractivity contribution in [1.29, 1.82) is 0 Å². The molecule has 0 bridgehead atoms. The summed E-state index contributed by atoms with van der Waals surface area (Å²) in [5.41, 5.74) is 4.23. The van der Waals surface area contributed by atoms with Crippen LogP contribution in [0.2, 0.25) is 5.02 Å². The topological polar surface area (TPSA) is 111 Å². The number of benzene rings is 2. The van der Waals surface area contributed by atoms with E-state index in [9.17, 15) is 18.4 Å². The third kappa shape index (κ3) is 6.07. The van der Waals surface area contributed by atoms with Crippen molar-refractivity contribution in [3.05, 3.63) is 93.0 Å². The van der Waals surface area contributed by atoms with Gasteiger partial charge in [0.1, 0.15) is 11.5 Å². The van der Waals surface area contributed by atoms with Crippen LogP contribution in [0.25, 0.3) is 33.2 Å². The molecule has 0 spiro atoms. The number of carbonyl (C=O) groups is 1. The van der Waals surface area contributed by atoms with E-state index >= 15 is 0 Å². The number of aryl methyl sites for hydroxylation is 1. The number of anilines is 2. The largest absolute Gasteiger partial charge is 0.481 e. The lowest BCUT2D eigenvalue weighted by atomic mass is 9.96. The predicted molar refractivity (Wildman–Crippen MR) is 187 cm³/mol. The lowest BCUT2D eigenvalue weighted by Crippen LogP contribution is -2.26. The summed E-state index contributed by atoms with van der Waals surface area (Å²) in [6.07, 6.45) is -1.47. The third-order valence-electron chi connectivity index (χ3n) is 9.68. The summed E-state index contributed by atoms with van der Waals surface area (Å²) in [6, 6.07) is 16.3. The Kier molecular flexibility index (Phi) is 9.00. The highest BCUT2D eigenvalue weighted by Gasteiger charge is 2.60. The number of nitrogens with zero attached hydrogens (tertiary/aromatic N) is 5. The van der Waals surface area contributed by atoms with Crippen LogP contribution in [0, 0.1) is 24.7 Å². The molecule has 2 aromatic carbocycles. The number of pyridine rings is 2. The molecule has 1 N–H and O–H groups in total. The second-order valence-electron chi connectivity index (χ2n) is 12.7. The molecule has 1 aliphatic heterocycles. The van der Waals surface area contributed by atoms with E-state index in [2.05, 4.69) is 20.3 Å². The van der Waals surface area contributed by atoms with E-state index in [-0.39, 0.29) is 28.5 Å². The minimum Gasteiger partial charge on any atom is -0.481 e. The maximum atomic E-state index is 13.8. The Morgan fingerprint density at radius 2 is 1.78 bits per heavy atom. The number of hydrogen-bond donors (Lipinski definition) is 1. The Hall–Kier alpha value is -4.94. The minimum atomic E-state index is -2.84. The predicted octanol–water partition coefficient (Wildman–Crippen LogP) is 6.95. The Morgan fingerprint density at radius 3 is 2.50 bits per heavy atom. The van der Waals surface area contributed by atoms with Crippen LogP contribution in [-0.2, 0) is 23.1 Å². The van der Waals surface area contributed by atoms with Crippen LogP contribution < -0.4 is 15.6 Å². The van der Waals surface area contributed by atoms with E-state index in [1.165, 1.54) is 19.3 Å². The van der Waals surface area contributed by atoms with E-state index in [0.717, 1.165) is 40.0 Å². The number of carbonyl (C=O) groups excluding carboxylic acids is 1. The number of esters is 1. The van der Waals surface area contributed by atoms with Gasteiger partial charge in [-0.3, -0.25) is 14.5 Å². The number of alkyl halides is 2. The first-order valence-electron chi connectivity index (χ1n) is 16.3. The van der Waals surface area contributed by atoms with Crippen LogP contribution in [0.4, 0.5) is 20.3 Å². The van der Waals surface area contributed by atoms with Crippen LogP contribution >= 0.6 is 11.6 Å². The van der Waals surface area contributed by atoms with E-state index in [1.54, 1.807) is 13.2 Å². The van der Waals surface area contributed by atoms with Gasteiger partial charge < -0.3 is 14.8 Å². The first-order chi connectivity index (χ1) is 24.1. The number of fused-ring (bicyclic) bond motifs is 2. The molecule has 3 aromatic heterocycles. The van der Waals surface area contributed by atoms with E-state index in [4.69, 9.17) is 26.1 Å². The summed E-state index contributed by atoms with van der Waals surface area (Å²) in [5, 5.41) is 8.02.